The van der Waals surface area contributed by atoms with Gasteiger partial charge in [-0.3, -0.25) is 14.4 Å². The van der Waals surface area contributed by atoms with Crippen molar-refractivity contribution in [2.24, 2.45) is 0 Å². The highest BCUT2D eigenvalue weighted by atomic mass is 16.5. The zero-order valence-corrected chi connectivity index (χ0v) is 17.7. The largest absolute Gasteiger partial charge is 0.493 e. The number of carbonyl (C=O) groups is 3. The lowest BCUT2D eigenvalue weighted by Crippen LogP contribution is -2.29. The van der Waals surface area contributed by atoms with Crippen LogP contribution in [0.5, 0.6) is 17.2 Å². The van der Waals surface area contributed by atoms with E-state index in [1.807, 2.05) is 12.1 Å². The van der Waals surface area contributed by atoms with Gasteiger partial charge in [-0.05, 0) is 60.5 Å². The standard InChI is InChI=1S/C25H21NO6/c1-30-21-13-7-16(15-22(21)31-2)8-14-23(27)32-18-11-9-17(10-12-18)26-24(28)19-5-3-4-6-20(19)25(26)29/h3-7,9-13,15H,8,14H2,1-2H3. The minimum absolute atomic E-state index is 0.176. The molecule has 32 heavy (non-hydrogen) atoms. The lowest BCUT2D eigenvalue weighted by atomic mass is 10.1. The number of aryl methyl sites for hydroxylation is 1. The van der Waals surface area contributed by atoms with Gasteiger partial charge < -0.3 is 14.2 Å². The fourth-order valence-electron chi connectivity index (χ4n) is 3.55. The minimum atomic E-state index is -0.395. The number of carbonyl (C=O) groups excluding carboxylic acids is 3. The number of hydrogen-bond donors (Lipinski definition) is 0. The van der Waals surface area contributed by atoms with Gasteiger partial charge in [0.05, 0.1) is 31.0 Å². The Hall–Kier alpha value is -4.13. The molecule has 162 valence electrons. The van der Waals surface area contributed by atoms with Gasteiger partial charge in [-0.1, -0.05) is 18.2 Å². The Morgan fingerprint density at radius 2 is 1.44 bits per heavy atom. The molecule has 0 radical (unpaired) electrons. The van der Waals surface area contributed by atoms with Gasteiger partial charge in [-0.2, -0.15) is 0 Å². The molecule has 4 rings (SSSR count). The first-order chi connectivity index (χ1) is 15.5. The second-order valence-electron chi connectivity index (χ2n) is 7.15. The molecule has 1 aliphatic heterocycles. The van der Waals surface area contributed by atoms with Crippen LogP contribution in [0.2, 0.25) is 0 Å². The summed E-state index contributed by atoms with van der Waals surface area (Å²) in [6.45, 7) is 0. The summed E-state index contributed by atoms with van der Waals surface area (Å²) in [6, 6.07) is 18.5. The van der Waals surface area contributed by atoms with Crippen molar-refractivity contribution < 1.29 is 28.6 Å². The van der Waals surface area contributed by atoms with Crippen molar-refractivity contribution in [2.75, 3.05) is 19.1 Å². The van der Waals surface area contributed by atoms with Crippen LogP contribution >= 0.6 is 0 Å². The van der Waals surface area contributed by atoms with E-state index < -0.39 is 5.97 Å². The topological polar surface area (TPSA) is 82.1 Å². The molecule has 0 spiro atoms. The first kappa shape index (κ1) is 21.1. The van der Waals surface area contributed by atoms with Crippen molar-refractivity contribution >= 4 is 23.5 Å². The van der Waals surface area contributed by atoms with Crippen LogP contribution < -0.4 is 19.1 Å². The number of amides is 2. The molecule has 7 nitrogen and oxygen atoms in total. The third kappa shape index (κ3) is 4.05. The van der Waals surface area contributed by atoms with Crippen LogP contribution in [0.1, 0.15) is 32.7 Å². The predicted molar refractivity (Wildman–Crippen MR) is 118 cm³/mol. The lowest BCUT2D eigenvalue weighted by Gasteiger charge is -2.14. The Balaban J connectivity index is 1.38. The highest BCUT2D eigenvalue weighted by Crippen LogP contribution is 2.30. The van der Waals surface area contributed by atoms with Gasteiger partial charge in [0, 0.05) is 6.42 Å². The number of fused-ring (bicyclic) bond motifs is 1. The zero-order valence-electron chi connectivity index (χ0n) is 17.7. The fourth-order valence-corrected chi connectivity index (χ4v) is 3.55. The number of imide groups is 1. The van der Waals surface area contributed by atoms with Crippen molar-refractivity contribution in [1.29, 1.82) is 0 Å². The molecule has 1 aliphatic rings. The van der Waals surface area contributed by atoms with Crippen LogP contribution in [0.25, 0.3) is 0 Å². The Kier molecular flexibility index (Phi) is 5.89. The second kappa shape index (κ2) is 8.93. The van der Waals surface area contributed by atoms with Crippen molar-refractivity contribution in [1.82, 2.24) is 0 Å². The number of ether oxygens (including phenoxy) is 3. The summed E-state index contributed by atoms with van der Waals surface area (Å²) in [7, 11) is 3.12. The normalized spacial score (nSPS) is 12.5. The van der Waals surface area contributed by atoms with Crippen molar-refractivity contribution in [3.05, 3.63) is 83.4 Å². The Bertz CT molecular complexity index is 1150. The van der Waals surface area contributed by atoms with Gasteiger partial charge in [0.15, 0.2) is 11.5 Å². The number of nitrogens with zero attached hydrogens (tertiary/aromatic N) is 1. The maximum absolute atomic E-state index is 12.6. The quantitative estimate of drug-likeness (QED) is 0.319. The number of methoxy groups -OCH3 is 2. The third-order valence-electron chi connectivity index (χ3n) is 5.19. The molecule has 0 N–H and O–H groups in total. The van der Waals surface area contributed by atoms with Gasteiger partial charge in [0.25, 0.3) is 11.8 Å². The number of benzene rings is 3. The molecule has 7 heteroatoms. The highest BCUT2D eigenvalue weighted by molar-refractivity contribution is 6.34. The van der Waals surface area contributed by atoms with Crippen molar-refractivity contribution in [3.63, 3.8) is 0 Å². The summed E-state index contributed by atoms with van der Waals surface area (Å²) < 4.78 is 15.9. The Morgan fingerprint density at radius 3 is 2.03 bits per heavy atom. The van der Waals surface area contributed by atoms with E-state index in [0.29, 0.717) is 40.5 Å². The number of esters is 1. The van der Waals surface area contributed by atoms with E-state index >= 15 is 0 Å². The summed E-state index contributed by atoms with van der Waals surface area (Å²) in [6.07, 6.45) is 0.655. The zero-order chi connectivity index (χ0) is 22.7. The van der Waals surface area contributed by atoms with Crippen LogP contribution in [0.15, 0.2) is 66.7 Å². The monoisotopic (exact) mass is 431 g/mol. The average molecular weight is 431 g/mol. The van der Waals surface area contributed by atoms with E-state index in [4.69, 9.17) is 14.2 Å². The minimum Gasteiger partial charge on any atom is -0.493 e. The highest BCUT2D eigenvalue weighted by Gasteiger charge is 2.36. The third-order valence-corrected chi connectivity index (χ3v) is 5.19. The first-order valence-corrected chi connectivity index (χ1v) is 10.0. The first-order valence-electron chi connectivity index (χ1n) is 10.0. The molecule has 1 heterocycles. The van der Waals surface area contributed by atoms with Crippen LogP contribution in [-0.4, -0.2) is 32.0 Å². The molecular weight excluding hydrogens is 410 g/mol. The molecule has 0 unspecified atom stereocenters. The smallest absolute Gasteiger partial charge is 0.311 e. The van der Waals surface area contributed by atoms with Crippen LogP contribution in [0, 0.1) is 0 Å². The Labute approximate surface area is 185 Å². The molecule has 0 atom stereocenters. The van der Waals surface area contributed by atoms with Gasteiger partial charge >= 0.3 is 5.97 Å². The van der Waals surface area contributed by atoms with E-state index in [1.54, 1.807) is 68.8 Å². The van der Waals surface area contributed by atoms with Crippen LogP contribution in [0.3, 0.4) is 0 Å². The molecule has 2 amide bonds. The summed E-state index contributed by atoms with van der Waals surface area (Å²) in [5.74, 6) is 0.422. The summed E-state index contributed by atoms with van der Waals surface area (Å²) in [5.41, 5.74) is 2.09. The van der Waals surface area contributed by atoms with Gasteiger partial charge in [-0.15, -0.1) is 0 Å². The van der Waals surface area contributed by atoms with Gasteiger partial charge in [-0.25, -0.2) is 4.90 Å². The number of anilines is 1. The SMILES string of the molecule is COc1ccc(CCC(=O)Oc2ccc(N3C(=O)c4ccccc4C3=O)cc2)cc1OC. The van der Waals surface area contributed by atoms with Gasteiger partial charge in [0.1, 0.15) is 5.75 Å². The summed E-state index contributed by atoms with van der Waals surface area (Å²) in [5, 5.41) is 0. The average Bonchev–Trinajstić information content (AvgIpc) is 3.08. The maximum Gasteiger partial charge on any atom is 0.311 e. The molecule has 0 aliphatic carbocycles. The predicted octanol–water partition coefficient (Wildman–Crippen LogP) is 4.04. The fraction of sp³-hybridized carbons (Fsp3) is 0.160. The molecule has 0 aromatic heterocycles. The maximum atomic E-state index is 12.6. The van der Waals surface area contributed by atoms with E-state index in [1.165, 1.54) is 0 Å². The summed E-state index contributed by atoms with van der Waals surface area (Å²) >= 11 is 0. The van der Waals surface area contributed by atoms with E-state index in [-0.39, 0.29) is 18.2 Å². The van der Waals surface area contributed by atoms with E-state index in [9.17, 15) is 14.4 Å². The number of hydrogen-bond acceptors (Lipinski definition) is 6. The molecule has 0 fully saturated rings. The molecule has 0 saturated heterocycles. The van der Waals surface area contributed by atoms with Crippen LogP contribution in [0.4, 0.5) is 5.69 Å². The van der Waals surface area contributed by atoms with Crippen molar-refractivity contribution in [3.8, 4) is 17.2 Å². The molecular formula is C25H21NO6. The Morgan fingerprint density at radius 1 is 0.812 bits per heavy atom. The van der Waals surface area contributed by atoms with Gasteiger partial charge in [0.2, 0.25) is 0 Å². The summed E-state index contributed by atoms with van der Waals surface area (Å²) in [4.78, 5) is 38.5. The van der Waals surface area contributed by atoms with E-state index in [0.717, 1.165) is 10.5 Å². The van der Waals surface area contributed by atoms with Crippen LogP contribution in [-0.2, 0) is 11.2 Å². The second-order valence-corrected chi connectivity index (χ2v) is 7.15. The van der Waals surface area contributed by atoms with E-state index in [2.05, 4.69) is 0 Å². The molecule has 0 saturated carbocycles. The molecule has 0 bridgehead atoms. The number of rotatable bonds is 7. The lowest BCUT2D eigenvalue weighted by molar-refractivity contribution is -0.134. The molecule has 3 aromatic rings. The van der Waals surface area contributed by atoms with Crippen molar-refractivity contribution in [2.45, 2.75) is 12.8 Å². The molecule has 3 aromatic carbocycles.